The van der Waals surface area contributed by atoms with Crippen LogP contribution in [0.25, 0.3) is 0 Å². The summed E-state index contributed by atoms with van der Waals surface area (Å²) in [4.78, 5) is 32.2. The summed E-state index contributed by atoms with van der Waals surface area (Å²) in [6.45, 7) is 1.41. The van der Waals surface area contributed by atoms with Gasteiger partial charge in [0.25, 0.3) is 0 Å². The summed E-state index contributed by atoms with van der Waals surface area (Å²) < 4.78 is 0. The monoisotopic (exact) mass is 227 g/mol. The fourth-order valence-corrected chi connectivity index (χ4v) is 1.78. The molecule has 0 unspecified atom stereocenters. The Labute approximate surface area is 89.9 Å². The topological polar surface area (TPSA) is 77.3 Å². The maximum atomic E-state index is 11.4. The first-order valence-corrected chi connectivity index (χ1v) is 5.09. The summed E-state index contributed by atoms with van der Waals surface area (Å²) >= 11 is 0.841. The number of hydrogen-bond donors (Lipinski definition) is 0. The van der Waals surface area contributed by atoms with Gasteiger partial charge in [-0.2, -0.15) is 0 Å². The number of ketones is 2. The molecule has 1 heterocycles. The van der Waals surface area contributed by atoms with Crippen LogP contribution in [0.2, 0.25) is 0 Å². The van der Waals surface area contributed by atoms with E-state index in [9.17, 15) is 19.7 Å². The molecule has 1 rings (SSSR count). The Bertz CT molecular complexity index is 410. The number of thiophene rings is 1. The predicted octanol–water partition coefficient (Wildman–Crippen LogP) is 2.21. The normalized spacial score (nSPS) is 9.93. The number of nitrogens with zero attached hydrogens (tertiary/aromatic N) is 1. The molecule has 15 heavy (non-hydrogen) atoms. The summed E-state index contributed by atoms with van der Waals surface area (Å²) in [6, 6.07) is 2.72. The van der Waals surface area contributed by atoms with Gasteiger partial charge in [-0.3, -0.25) is 14.9 Å². The molecule has 0 amide bonds. The summed E-state index contributed by atoms with van der Waals surface area (Å²) in [5.74, 6) is -0.280. The van der Waals surface area contributed by atoms with Gasteiger partial charge in [0.2, 0.25) is 0 Å². The van der Waals surface area contributed by atoms with E-state index in [1.807, 2.05) is 0 Å². The number of hydrogen-bond acceptors (Lipinski definition) is 5. The molecule has 0 radical (unpaired) electrons. The minimum atomic E-state index is -0.535. The lowest BCUT2D eigenvalue weighted by atomic mass is 10.1. The second-order valence-corrected chi connectivity index (χ2v) is 4.08. The Hall–Kier alpha value is -1.56. The molecule has 0 aliphatic carbocycles. The van der Waals surface area contributed by atoms with E-state index in [1.54, 1.807) is 0 Å². The molecule has 0 saturated heterocycles. The van der Waals surface area contributed by atoms with Gasteiger partial charge in [0.1, 0.15) is 5.78 Å². The number of rotatable bonds is 5. The fraction of sp³-hybridized carbons (Fsp3) is 0.333. The third kappa shape index (κ3) is 3.25. The van der Waals surface area contributed by atoms with Crippen LogP contribution in [0.4, 0.5) is 5.00 Å². The Morgan fingerprint density at radius 1 is 1.40 bits per heavy atom. The highest BCUT2D eigenvalue weighted by molar-refractivity contribution is 7.17. The van der Waals surface area contributed by atoms with E-state index in [4.69, 9.17) is 0 Å². The maximum Gasteiger partial charge on any atom is 0.324 e. The molecule has 1 aromatic heterocycles. The predicted molar refractivity (Wildman–Crippen MR) is 55.2 cm³/mol. The van der Waals surface area contributed by atoms with Crippen LogP contribution in [0.15, 0.2) is 12.1 Å². The zero-order valence-electron chi connectivity index (χ0n) is 8.06. The molecule has 0 aliphatic heterocycles. The summed E-state index contributed by atoms with van der Waals surface area (Å²) in [6.07, 6.45) is 0.303. The lowest BCUT2D eigenvalue weighted by Crippen LogP contribution is -1.99. The molecular weight excluding hydrogens is 218 g/mol. The van der Waals surface area contributed by atoms with Crippen LogP contribution in [-0.4, -0.2) is 16.5 Å². The Balaban J connectivity index is 2.66. The van der Waals surface area contributed by atoms with Crippen molar-refractivity contribution < 1.29 is 14.5 Å². The second kappa shape index (κ2) is 4.79. The second-order valence-electron chi connectivity index (χ2n) is 3.02. The third-order valence-electron chi connectivity index (χ3n) is 1.75. The minimum Gasteiger partial charge on any atom is -0.300 e. The summed E-state index contributed by atoms with van der Waals surface area (Å²) in [5, 5.41) is 10.3. The van der Waals surface area contributed by atoms with Crippen LogP contribution in [0.1, 0.15) is 29.4 Å². The van der Waals surface area contributed by atoms with Crippen LogP contribution < -0.4 is 0 Å². The highest BCUT2D eigenvalue weighted by Gasteiger charge is 2.15. The average molecular weight is 227 g/mol. The van der Waals surface area contributed by atoms with E-state index in [0.29, 0.717) is 4.88 Å². The van der Waals surface area contributed by atoms with E-state index in [0.717, 1.165) is 11.3 Å². The lowest BCUT2D eigenvalue weighted by molar-refractivity contribution is -0.380. The van der Waals surface area contributed by atoms with Gasteiger partial charge in [0.15, 0.2) is 5.78 Å². The molecular formula is C9H9NO4S. The van der Waals surface area contributed by atoms with Gasteiger partial charge < -0.3 is 4.79 Å². The molecule has 5 nitrogen and oxygen atoms in total. The van der Waals surface area contributed by atoms with Crippen LogP contribution in [-0.2, 0) is 4.79 Å². The van der Waals surface area contributed by atoms with Gasteiger partial charge in [0.05, 0.1) is 9.80 Å². The van der Waals surface area contributed by atoms with E-state index in [1.165, 1.54) is 19.1 Å². The van der Waals surface area contributed by atoms with Crippen molar-refractivity contribution >= 4 is 27.9 Å². The average Bonchev–Trinajstić information content (AvgIpc) is 2.62. The van der Waals surface area contributed by atoms with E-state index >= 15 is 0 Å². The van der Waals surface area contributed by atoms with Crippen molar-refractivity contribution in [3.63, 3.8) is 0 Å². The maximum absolute atomic E-state index is 11.4. The Morgan fingerprint density at radius 2 is 2.07 bits per heavy atom. The molecule has 0 bridgehead atoms. The zero-order valence-corrected chi connectivity index (χ0v) is 8.87. The van der Waals surface area contributed by atoms with Gasteiger partial charge in [0, 0.05) is 18.9 Å². The van der Waals surface area contributed by atoms with Crippen molar-refractivity contribution in [1.29, 1.82) is 0 Å². The smallest absolute Gasteiger partial charge is 0.300 e. The van der Waals surface area contributed by atoms with Crippen LogP contribution in [0, 0.1) is 10.1 Å². The van der Waals surface area contributed by atoms with Crippen molar-refractivity contribution in [2.45, 2.75) is 19.8 Å². The van der Waals surface area contributed by atoms with E-state index in [2.05, 4.69) is 0 Å². The van der Waals surface area contributed by atoms with Crippen molar-refractivity contribution in [2.75, 3.05) is 0 Å². The fourth-order valence-electron chi connectivity index (χ4n) is 0.988. The highest BCUT2D eigenvalue weighted by atomic mass is 32.1. The summed E-state index contributed by atoms with van der Waals surface area (Å²) in [5.41, 5.74) is 0. The molecule has 1 aromatic rings. The lowest BCUT2D eigenvalue weighted by Gasteiger charge is -1.93. The number of carbonyl (C=O) groups is 2. The van der Waals surface area contributed by atoms with Crippen molar-refractivity contribution in [3.05, 3.63) is 27.1 Å². The molecule has 80 valence electrons. The first kappa shape index (κ1) is 11.5. The zero-order chi connectivity index (χ0) is 11.4. The van der Waals surface area contributed by atoms with Crippen LogP contribution in [0.5, 0.6) is 0 Å². The standard InChI is InChI=1S/C9H9NO4S/c1-6(11)2-3-7(12)8-4-5-9(15-8)10(13)14/h4-5H,2-3H2,1H3. The Kier molecular flexibility index (Phi) is 3.68. The molecule has 0 aliphatic rings. The third-order valence-corrected chi connectivity index (χ3v) is 2.83. The summed E-state index contributed by atoms with van der Waals surface area (Å²) in [7, 11) is 0. The molecule has 0 spiro atoms. The minimum absolute atomic E-state index is 0.0545. The van der Waals surface area contributed by atoms with E-state index < -0.39 is 4.92 Å². The van der Waals surface area contributed by atoms with Crippen molar-refractivity contribution in [3.8, 4) is 0 Å². The van der Waals surface area contributed by atoms with Crippen molar-refractivity contribution in [2.24, 2.45) is 0 Å². The first-order valence-electron chi connectivity index (χ1n) is 4.27. The number of nitro groups is 1. The van der Waals surface area contributed by atoms with Gasteiger partial charge in [-0.1, -0.05) is 11.3 Å². The quantitative estimate of drug-likeness (QED) is 0.439. The number of Topliss-reactive ketones (excluding diaryl/α,β-unsaturated/α-hetero) is 2. The molecule has 6 heteroatoms. The molecule has 0 fully saturated rings. The van der Waals surface area contributed by atoms with Gasteiger partial charge in [-0.25, -0.2) is 0 Å². The highest BCUT2D eigenvalue weighted by Crippen LogP contribution is 2.25. The van der Waals surface area contributed by atoms with Crippen LogP contribution in [0.3, 0.4) is 0 Å². The molecule has 0 atom stereocenters. The Morgan fingerprint density at radius 3 is 2.53 bits per heavy atom. The van der Waals surface area contributed by atoms with E-state index in [-0.39, 0.29) is 29.4 Å². The SMILES string of the molecule is CC(=O)CCC(=O)c1ccc([N+](=O)[O-])s1. The first-order chi connectivity index (χ1) is 7.00. The van der Waals surface area contributed by atoms with Gasteiger partial charge in [-0.05, 0) is 13.0 Å². The van der Waals surface area contributed by atoms with Gasteiger partial charge in [-0.15, -0.1) is 0 Å². The van der Waals surface area contributed by atoms with Crippen LogP contribution >= 0.6 is 11.3 Å². The number of carbonyl (C=O) groups excluding carboxylic acids is 2. The molecule has 0 N–H and O–H groups in total. The molecule has 0 saturated carbocycles. The van der Waals surface area contributed by atoms with Gasteiger partial charge >= 0.3 is 5.00 Å². The largest absolute Gasteiger partial charge is 0.324 e. The molecule has 0 aromatic carbocycles. The van der Waals surface area contributed by atoms with Crippen molar-refractivity contribution in [1.82, 2.24) is 0 Å².